The van der Waals surface area contributed by atoms with E-state index in [2.05, 4.69) is 0 Å². The lowest BCUT2D eigenvalue weighted by molar-refractivity contribution is -0.122. The number of Topliss-reactive ketones (excluding diaryl/α,β-unsaturated/α-hetero) is 1. The molecule has 1 aliphatic heterocycles. The summed E-state index contributed by atoms with van der Waals surface area (Å²) in [6.45, 7) is 0.730. The van der Waals surface area contributed by atoms with E-state index in [4.69, 9.17) is 0 Å². The molecule has 3 aromatic rings. The van der Waals surface area contributed by atoms with Crippen LogP contribution in [0.25, 0.3) is 0 Å². The summed E-state index contributed by atoms with van der Waals surface area (Å²) in [6.07, 6.45) is 3.12. The number of para-hydroxylation sites is 1. The molecule has 1 fully saturated rings. The number of hydrogen-bond acceptors (Lipinski definition) is 2. The second-order valence-electron chi connectivity index (χ2n) is 7.94. The zero-order valence-corrected chi connectivity index (χ0v) is 17.1. The van der Waals surface area contributed by atoms with E-state index in [1.54, 1.807) is 0 Å². The number of carbonyl (C=O) groups is 2. The lowest BCUT2D eigenvalue weighted by atomic mass is 9.78. The van der Waals surface area contributed by atoms with Crippen LogP contribution in [0.4, 0.5) is 5.69 Å². The van der Waals surface area contributed by atoms with Gasteiger partial charge in [0.05, 0.1) is 0 Å². The van der Waals surface area contributed by atoms with Gasteiger partial charge in [0.25, 0.3) is 0 Å². The predicted molar refractivity (Wildman–Crippen MR) is 121 cm³/mol. The molecule has 0 aromatic heterocycles. The van der Waals surface area contributed by atoms with Crippen LogP contribution in [0, 0.1) is 5.92 Å². The summed E-state index contributed by atoms with van der Waals surface area (Å²) in [5.41, 5.74) is 2.71. The Bertz CT molecular complexity index is 970. The first-order chi connectivity index (χ1) is 14.7. The van der Waals surface area contributed by atoms with Crippen molar-refractivity contribution in [3.63, 3.8) is 0 Å². The van der Waals surface area contributed by atoms with Gasteiger partial charge in [-0.25, -0.2) is 0 Å². The van der Waals surface area contributed by atoms with E-state index in [0.29, 0.717) is 12.0 Å². The Labute approximate surface area is 178 Å². The molecule has 0 saturated carbocycles. The molecule has 0 bridgehead atoms. The van der Waals surface area contributed by atoms with Gasteiger partial charge in [0.15, 0.2) is 5.78 Å². The second kappa shape index (κ2) is 9.53. The lowest BCUT2D eigenvalue weighted by Gasteiger charge is -2.30. The molecule has 3 aromatic carbocycles. The van der Waals surface area contributed by atoms with Gasteiger partial charge >= 0.3 is 0 Å². The largest absolute Gasteiger partial charge is 0.312 e. The van der Waals surface area contributed by atoms with Gasteiger partial charge in [-0.05, 0) is 30.5 Å². The van der Waals surface area contributed by atoms with Gasteiger partial charge in [-0.1, -0.05) is 85.3 Å². The summed E-state index contributed by atoms with van der Waals surface area (Å²) < 4.78 is 0. The van der Waals surface area contributed by atoms with Gasteiger partial charge in [0.1, 0.15) is 0 Å². The van der Waals surface area contributed by atoms with Crippen molar-refractivity contribution in [2.75, 3.05) is 11.4 Å². The molecular formula is C27H27NO2. The Morgan fingerprint density at radius 1 is 0.833 bits per heavy atom. The van der Waals surface area contributed by atoms with Crippen molar-refractivity contribution in [1.29, 1.82) is 0 Å². The summed E-state index contributed by atoms with van der Waals surface area (Å²) >= 11 is 0. The topological polar surface area (TPSA) is 37.4 Å². The Balaban J connectivity index is 1.66. The fourth-order valence-corrected chi connectivity index (χ4v) is 4.44. The highest BCUT2D eigenvalue weighted by molar-refractivity contribution is 5.99. The van der Waals surface area contributed by atoms with Crippen molar-refractivity contribution < 1.29 is 9.59 Å². The van der Waals surface area contributed by atoms with E-state index in [1.807, 2.05) is 95.9 Å². The van der Waals surface area contributed by atoms with Crippen molar-refractivity contribution in [3.8, 4) is 0 Å². The SMILES string of the molecule is O=C(C[C@H](c1ccccc1)[C@H]1CCCCN(c2ccccc2)C1=O)c1ccccc1. The fourth-order valence-electron chi connectivity index (χ4n) is 4.44. The Kier molecular flexibility index (Phi) is 6.38. The van der Waals surface area contributed by atoms with Crippen molar-refractivity contribution in [2.45, 2.75) is 31.6 Å². The zero-order valence-electron chi connectivity index (χ0n) is 17.1. The number of rotatable bonds is 6. The van der Waals surface area contributed by atoms with Crippen LogP contribution in [0.2, 0.25) is 0 Å². The quantitative estimate of drug-likeness (QED) is 0.487. The maximum absolute atomic E-state index is 13.7. The van der Waals surface area contributed by atoms with Crippen LogP contribution in [0.15, 0.2) is 91.0 Å². The van der Waals surface area contributed by atoms with E-state index in [9.17, 15) is 9.59 Å². The molecule has 0 spiro atoms. The molecule has 0 radical (unpaired) electrons. The van der Waals surface area contributed by atoms with Crippen molar-refractivity contribution in [2.24, 2.45) is 5.92 Å². The third-order valence-electron chi connectivity index (χ3n) is 6.01. The minimum absolute atomic E-state index is 0.0905. The highest BCUT2D eigenvalue weighted by Gasteiger charge is 2.35. The van der Waals surface area contributed by atoms with E-state index >= 15 is 0 Å². The smallest absolute Gasteiger partial charge is 0.230 e. The number of benzene rings is 3. The van der Waals surface area contributed by atoms with Crippen LogP contribution >= 0.6 is 0 Å². The molecule has 2 atom stereocenters. The van der Waals surface area contributed by atoms with Gasteiger partial charge in [-0.3, -0.25) is 9.59 Å². The Morgan fingerprint density at radius 3 is 2.10 bits per heavy atom. The first kappa shape index (κ1) is 20.1. The Hall–Kier alpha value is -3.20. The fraction of sp³-hybridized carbons (Fsp3) is 0.259. The van der Waals surface area contributed by atoms with Gasteiger partial charge in [0.2, 0.25) is 5.91 Å². The molecule has 0 unspecified atom stereocenters. The maximum atomic E-state index is 13.7. The predicted octanol–water partition coefficient (Wildman–Crippen LogP) is 5.88. The summed E-state index contributed by atoms with van der Waals surface area (Å²) in [7, 11) is 0. The second-order valence-corrected chi connectivity index (χ2v) is 7.94. The normalized spacial score (nSPS) is 17.9. The van der Waals surface area contributed by atoms with Crippen LogP contribution in [0.3, 0.4) is 0 Å². The first-order valence-electron chi connectivity index (χ1n) is 10.7. The van der Waals surface area contributed by atoms with Crippen LogP contribution < -0.4 is 4.90 Å². The van der Waals surface area contributed by atoms with Crippen LogP contribution in [-0.2, 0) is 4.79 Å². The molecule has 4 rings (SSSR count). The molecule has 0 N–H and O–H groups in total. The molecule has 0 aliphatic carbocycles. The molecule has 1 aliphatic rings. The summed E-state index contributed by atoms with van der Waals surface area (Å²) in [6, 6.07) is 29.4. The molecule has 30 heavy (non-hydrogen) atoms. The van der Waals surface area contributed by atoms with Gasteiger partial charge in [-0.15, -0.1) is 0 Å². The molecule has 152 valence electrons. The minimum atomic E-state index is -0.206. The number of carbonyl (C=O) groups excluding carboxylic acids is 2. The van der Waals surface area contributed by atoms with Crippen molar-refractivity contribution >= 4 is 17.4 Å². The summed E-state index contributed by atoms with van der Waals surface area (Å²) in [5.74, 6) is -0.111. The van der Waals surface area contributed by atoms with Crippen molar-refractivity contribution in [1.82, 2.24) is 0 Å². The number of ketones is 1. The highest BCUT2D eigenvalue weighted by atomic mass is 16.2. The third-order valence-corrected chi connectivity index (χ3v) is 6.01. The van der Waals surface area contributed by atoms with E-state index in [0.717, 1.165) is 37.1 Å². The highest BCUT2D eigenvalue weighted by Crippen LogP contribution is 2.37. The molecule has 3 heteroatoms. The van der Waals surface area contributed by atoms with Crippen LogP contribution in [0.5, 0.6) is 0 Å². The first-order valence-corrected chi connectivity index (χ1v) is 10.7. The summed E-state index contributed by atoms with van der Waals surface area (Å²) in [4.78, 5) is 28.7. The third kappa shape index (κ3) is 4.51. The number of amides is 1. The standard InChI is InChI=1S/C27H27NO2/c29-26(22-14-6-2-7-15-22)20-25(21-12-4-1-5-13-21)24-18-10-11-19-28(27(24)30)23-16-8-3-9-17-23/h1-9,12-17,24-25H,10-11,18-20H2/t24-,25-/m1/s1. The molecule has 1 saturated heterocycles. The molecule has 3 nitrogen and oxygen atoms in total. The average Bonchev–Trinajstić information content (AvgIpc) is 3.00. The number of anilines is 1. The molecule has 1 heterocycles. The van der Waals surface area contributed by atoms with Gasteiger partial charge in [-0.2, -0.15) is 0 Å². The van der Waals surface area contributed by atoms with E-state index in [1.165, 1.54) is 0 Å². The maximum Gasteiger partial charge on any atom is 0.230 e. The van der Waals surface area contributed by atoms with E-state index in [-0.39, 0.29) is 23.5 Å². The molecular weight excluding hydrogens is 370 g/mol. The molecule has 1 amide bonds. The van der Waals surface area contributed by atoms with E-state index < -0.39 is 0 Å². The number of nitrogens with zero attached hydrogens (tertiary/aromatic N) is 1. The zero-order chi connectivity index (χ0) is 20.8. The lowest BCUT2D eigenvalue weighted by Crippen LogP contribution is -2.38. The summed E-state index contributed by atoms with van der Waals surface area (Å²) in [5, 5.41) is 0. The van der Waals surface area contributed by atoms with Crippen LogP contribution in [0.1, 0.15) is 47.5 Å². The average molecular weight is 398 g/mol. The minimum Gasteiger partial charge on any atom is -0.312 e. The van der Waals surface area contributed by atoms with Crippen molar-refractivity contribution in [3.05, 3.63) is 102 Å². The monoisotopic (exact) mass is 397 g/mol. The van der Waals surface area contributed by atoms with Gasteiger partial charge < -0.3 is 4.90 Å². The number of hydrogen-bond donors (Lipinski definition) is 0. The Morgan fingerprint density at radius 2 is 1.43 bits per heavy atom. The van der Waals surface area contributed by atoms with Crippen LogP contribution in [-0.4, -0.2) is 18.2 Å². The van der Waals surface area contributed by atoms with Gasteiger partial charge in [0, 0.05) is 36.1 Å².